The van der Waals surface area contributed by atoms with Crippen molar-refractivity contribution in [3.8, 4) is 0 Å². The first-order chi connectivity index (χ1) is 11.9. The number of rotatable bonds is 5. The highest BCUT2D eigenvalue weighted by atomic mass is 16.5. The number of methoxy groups -OCH3 is 2. The van der Waals surface area contributed by atoms with Crippen LogP contribution in [0.15, 0.2) is 42.5 Å². The van der Waals surface area contributed by atoms with Crippen molar-refractivity contribution in [2.24, 2.45) is 0 Å². The van der Waals surface area contributed by atoms with E-state index < -0.39 is 11.9 Å². The minimum atomic E-state index is -0.611. The smallest absolute Gasteiger partial charge is 0.337 e. The first-order valence-electron chi connectivity index (χ1n) is 7.60. The number of hydrogen-bond acceptors (Lipinski definition) is 5. The summed E-state index contributed by atoms with van der Waals surface area (Å²) in [5.41, 5.74) is 2.59. The van der Waals surface area contributed by atoms with Crippen LogP contribution in [0.4, 0.5) is 5.69 Å². The van der Waals surface area contributed by atoms with E-state index in [4.69, 9.17) is 0 Å². The minimum Gasteiger partial charge on any atom is -0.465 e. The summed E-state index contributed by atoms with van der Waals surface area (Å²) in [5.74, 6) is -1.48. The van der Waals surface area contributed by atoms with Crippen LogP contribution < -0.4 is 5.32 Å². The Kier molecular flexibility index (Phi) is 5.89. The van der Waals surface area contributed by atoms with Crippen LogP contribution in [0.3, 0.4) is 0 Å². The molecule has 1 amide bonds. The SMILES string of the molecule is COC(=O)c1cc(NC(=O)Cc2ccc(C)cc2)cc(C(=O)OC)c1. The van der Waals surface area contributed by atoms with Crippen LogP contribution in [-0.2, 0) is 20.7 Å². The largest absolute Gasteiger partial charge is 0.465 e. The topological polar surface area (TPSA) is 81.7 Å². The van der Waals surface area contributed by atoms with Crippen molar-refractivity contribution in [2.45, 2.75) is 13.3 Å². The molecule has 0 aliphatic rings. The van der Waals surface area contributed by atoms with Crippen LogP contribution in [0.5, 0.6) is 0 Å². The molecule has 2 aromatic rings. The Bertz CT molecular complexity index is 762. The van der Waals surface area contributed by atoms with Gasteiger partial charge in [0.05, 0.1) is 31.8 Å². The Morgan fingerprint density at radius 1 is 0.880 bits per heavy atom. The standard InChI is InChI=1S/C19H19NO5/c1-12-4-6-13(7-5-12)8-17(21)20-16-10-14(18(22)24-2)9-15(11-16)19(23)25-3/h4-7,9-11H,8H2,1-3H3,(H,20,21). The predicted octanol–water partition coefficient (Wildman–Crippen LogP) is 2.75. The first kappa shape index (κ1) is 18.2. The number of amides is 1. The van der Waals surface area contributed by atoms with Crippen molar-refractivity contribution in [2.75, 3.05) is 19.5 Å². The lowest BCUT2D eigenvalue weighted by Crippen LogP contribution is -2.16. The van der Waals surface area contributed by atoms with Crippen LogP contribution in [0, 0.1) is 6.92 Å². The molecule has 6 nitrogen and oxygen atoms in total. The van der Waals surface area contributed by atoms with E-state index in [1.54, 1.807) is 0 Å². The molecule has 0 spiro atoms. The summed E-state index contributed by atoms with van der Waals surface area (Å²) >= 11 is 0. The lowest BCUT2D eigenvalue weighted by Gasteiger charge is -2.10. The molecular weight excluding hydrogens is 322 g/mol. The fourth-order valence-electron chi connectivity index (χ4n) is 2.27. The molecule has 0 bridgehead atoms. The molecule has 0 atom stereocenters. The quantitative estimate of drug-likeness (QED) is 0.846. The second kappa shape index (κ2) is 8.10. The lowest BCUT2D eigenvalue weighted by molar-refractivity contribution is -0.115. The highest BCUT2D eigenvalue weighted by Gasteiger charge is 2.15. The zero-order chi connectivity index (χ0) is 18.4. The number of nitrogens with one attached hydrogen (secondary N) is 1. The van der Waals surface area contributed by atoms with Gasteiger partial charge in [-0.3, -0.25) is 4.79 Å². The Morgan fingerprint density at radius 2 is 1.40 bits per heavy atom. The minimum absolute atomic E-state index is 0.149. The van der Waals surface area contributed by atoms with Gasteiger partial charge in [0, 0.05) is 5.69 Å². The zero-order valence-corrected chi connectivity index (χ0v) is 14.3. The van der Waals surface area contributed by atoms with Gasteiger partial charge in [0.1, 0.15) is 0 Å². The van der Waals surface area contributed by atoms with Gasteiger partial charge in [-0.2, -0.15) is 0 Å². The van der Waals surface area contributed by atoms with Gasteiger partial charge < -0.3 is 14.8 Å². The van der Waals surface area contributed by atoms with Crippen molar-refractivity contribution in [1.82, 2.24) is 0 Å². The molecule has 0 unspecified atom stereocenters. The summed E-state index contributed by atoms with van der Waals surface area (Å²) in [4.78, 5) is 35.7. The van der Waals surface area contributed by atoms with Crippen LogP contribution in [0.2, 0.25) is 0 Å². The lowest BCUT2D eigenvalue weighted by atomic mass is 10.1. The van der Waals surface area contributed by atoms with Gasteiger partial charge in [-0.1, -0.05) is 29.8 Å². The first-order valence-corrected chi connectivity index (χ1v) is 7.60. The third-order valence-electron chi connectivity index (χ3n) is 3.54. The maximum atomic E-state index is 12.2. The summed E-state index contributed by atoms with van der Waals surface area (Å²) in [6.45, 7) is 1.97. The number of esters is 2. The summed E-state index contributed by atoms with van der Waals surface area (Å²) in [6.07, 6.45) is 0.177. The van der Waals surface area contributed by atoms with Gasteiger partial charge in [-0.25, -0.2) is 9.59 Å². The number of benzene rings is 2. The Morgan fingerprint density at radius 3 is 1.88 bits per heavy atom. The number of anilines is 1. The maximum Gasteiger partial charge on any atom is 0.337 e. The van der Waals surface area contributed by atoms with E-state index in [1.165, 1.54) is 32.4 Å². The number of aryl methyl sites for hydroxylation is 1. The Balaban J connectivity index is 2.21. The molecule has 0 saturated heterocycles. The Hall–Kier alpha value is -3.15. The van der Waals surface area contributed by atoms with E-state index in [1.807, 2.05) is 31.2 Å². The maximum absolute atomic E-state index is 12.2. The van der Waals surface area contributed by atoms with Gasteiger partial charge in [-0.05, 0) is 30.7 Å². The van der Waals surface area contributed by atoms with E-state index in [0.717, 1.165) is 11.1 Å². The molecule has 2 rings (SSSR count). The molecule has 1 N–H and O–H groups in total. The molecule has 2 aromatic carbocycles. The average Bonchev–Trinajstić information content (AvgIpc) is 2.61. The number of carbonyl (C=O) groups excluding carboxylic acids is 3. The fraction of sp³-hybridized carbons (Fsp3) is 0.211. The van der Waals surface area contributed by atoms with Crippen molar-refractivity contribution < 1.29 is 23.9 Å². The van der Waals surface area contributed by atoms with Gasteiger partial charge >= 0.3 is 11.9 Å². The second-order valence-corrected chi connectivity index (χ2v) is 5.49. The van der Waals surface area contributed by atoms with Crippen molar-refractivity contribution >= 4 is 23.5 Å². The van der Waals surface area contributed by atoms with Crippen LogP contribution in [0.1, 0.15) is 31.8 Å². The summed E-state index contributed by atoms with van der Waals surface area (Å²) in [7, 11) is 2.48. The summed E-state index contributed by atoms with van der Waals surface area (Å²) < 4.78 is 9.34. The van der Waals surface area contributed by atoms with Gasteiger partial charge in [0.2, 0.25) is 5.91 Å². The molecule has 6 heteroatoms. The summed E-state index contributed by atoms with van der Waals surface area (Å²) in [6, 6.07) is 11.9. The van der Waals surface area contributed by atoms with Gasteiger partial charge in [0.15, 0.2) is 0 Å². The van der Waals surface area contributed by atoms with E-state index >= 15 is 0 Å². The molecule has 0 heterocycles. The molecule has 0 saturated carbocycles. The van der Waals surface area contributed by atoms with Crippen LogP contribution in [0.25, 0.3) is 0 Å². The molecule has 0 aliphatic heterocycles. The van der Waals surface area contributed by atoms with E-state index in [2.05, 4.69) is 14.8 Å². The van der Waals surface area contributed by atoms with E-state index in [0.29, 0.717) is 5.69 Å². The number of carbonyl (C=O) groups is 3. The third kappa shape index (κ3) is 4.91. The van der Waals surface area contributed by atoms with Crippen LogP contribution in [-0.4, -0.2) is 32.1 Å². The van der Waals surface area contributed by atoms with Crippen molar-refractivity contribution in [3.05, 3.63) is 64.7 Å². The molecule has 0 fully saturated rings. The highest BCUT2D eigenvalue weighted by molar-refractivity contribution is 5.99. The summed E-state index contributed by atoms with van der Waals surface area (Å²) in [5, 5.41) is 2.69. The monoisotopic (exact) mass is 341 g/mol. The molecule has 0 aliphatic carbocycles. The van der Waals surface area contributed by atoms with E-state index in [9.17, 15) is 14.4 Å². The molecule has 0 aromatic heterocycles. The fourth-order valence-corrected chi connectivity index (χ4v) is 2.27. The van der Waals surface area contributed by atoms with Gasteiger partial charge in [0.25, 0.3) is 0 Å². The van der Waals surface area contributed by atoms with Crippen LogP contribution >= 0.6 is 0 Å². The van der Waals surface area contributed by atoms with Crippen molar-refractivity contribution in [1.29, 1.82) is 0 Å². The Labute approximate surface area is 145 Å². The molecule has 0 radical (unpaired) electrons. The normalized spacial score (nSPS) is 10.0. The number of ether oxygens (including phenoxy) is 2. The zero-order valence-electron chi connectivity index (χ0n) is 14.3. The van der Waals surface area contributed by atoms with Gasteiger partial charge in [-0.15, -0.1) is 0 Å². The second-order valence-electron chi connectivity index (χ2n) is 5.49. The van der Waals surface area contributed by atoms with E-state index in [-0.39, 0.29) is 23.5 Å². The predicted molar refractivity (Wildman–Crippen MR) is 92.6 cm³/mol. The average molecular weight is 341 g/mol. The third-order valence-corrected chi connectivity index (χ3v) is 3.54. The van der Waals surface area contributed by atoms with Crippen molar-refractivity contribution in [3.63, 3.8) is 0 Å². The molecular formula is C19H19NO5. The number of hydrogen-bond donors (Lipinski definition) is 1. The molecule has 130 valence electrons. The highest BCUT2D eigenvalue weighted by Crippen LogP contribution is 2.17. The molecule has 25 heavy (non-hydrogen) atoms.